The highest BCUT2D eigenvalue weighted by Gasteiger charge is 2.56. The summed E-state index contributed by atoms with van der Waals surface area (Å²) >= 11 is 0. The number of hydrogen-bond donors (Lipinski definition) is 3. The van der Waals surface area contributed by atoms with Crippen molar-refractivity contribution in [2.45, 2.75) is 167 Å². The van der Waals surface area contributed by atoms with Gasteiger partial charge in [-0.1, -0.05) is 51.5 Å². The van der Waals surface area contributed by atoms with E-state index in [1.165, 1.54) is 19.1 Å². The number of amides is 1. The molecule has 0 aromatic heterocycles. The number of hydrogen-bond acceptors (Lipinski definition) is 12. The second kappa shape index (κ2) is 21.7. The van der Waals surface area contributed by atoms with Crippen molar-refractivity contribution in [1.82, 2.24) is 4.90 Å². The van der Waals surface area contributed by atoms with Crippen molar-refractivity contribution in [3.8, 4) is 0 Å². The van der Waals surface area contributed by atoms with Crippen molar-refractivity contribution in [2.75, 3.05) is 27.4 Å². The first-order valence-electron chi connectivity index (χ1n) is 21.5. The average Bonchev–Trinajstić information content (AvgIpc) is 3.20. The molecular weight excluding hydrogens is 744 g/mol. The van der Waals surface area contributed by atoms with E-state index in [0.29, 0.717) is 50.7 Å². The lowest BCUT2D eigenvalue weighted by atomic mass is 9.81. The van der Waals surface area contributed by atoms with Crippen molar-refractivity contribution < 1.29 is 53.1 Å². The Kier molecular flexibility index (Phi) is 17.9. The molecule has 4 rings (SSSR count). The number of fused-ring (bicyclic) bond motifs is 3. The predicted octanol–water partition coefficient (Wildman–Crippen LogP) is 5.00. The molecule has 14 unspecified atom stereocenters. The number of Topliss-reactive ketones (excluding diaryl/α,β-unsaturated/α-hetero) is 2. The van der Waals surface area contributed by atoms with E-state index in [0.717, 1.165) is 18.4 Å². The summed E-state index contributed by atoms with van der Waals surface area (Å²) in [7, 11) is 3.07. The Hall–Kier alpha value is -2.78. The van der Waals surface area contributed by atoms with Crippen LogP contribution in [0.5, 0.6) is 0 Å². The Morgan fingerprint density at radius 1 is 1.02 bits per heavy atom. The van der Waals surface area contributed by atoms with Crippen molar-refractivity contribution in [1.29, 1.82) is 0 Å². The number of aliphatic hydroxyl groups is 2. The van der Waals surface area contributed by atoms with Crippen LogP contribution in [-0.4, -0.2) is 120 Å². The van der Waals surface area contributed by atoms with Gasteiger partial charge in [-0.15, -0.1) is 6.58 Å². The van der Waals surface area contributed by atoms with Crippen LogP contribution in [-0.2, 0) is 42.9 Å². The van der Waals surface area contributed by atoms with Gasteiger partial charge in [0, 0.05) is 51.0 Å². The summed E-state index contributed by atoms with van der Waals surface area (Å²) in [5, 5.41) is 23.8. The minimum atomic E-state index is -2.50. The lowest BCUT2D eigenvalue weighted by molar-refractivity contribution is -0.302. The van der Waals surface area contributed by atoms with Gasteiger partial charge in [0.2, 0.25) is 5.79 Å². The Labute approximate surface area is 346 Å². The van der Waals surface area contributed by atoms with Crippen molar-refractivity contribution >= 4 is 23.4 Å². The van der Waals surface area contributed by atoms with Crippen molar-refractivity contribution in [3.63, 3.8) is 0 Å². The van der Waals surface area contributed by atoms with E-state index in [4.69, 9.17) is 29.4 Å². The molecule has 0 aromatic carbocycles. The SMILES string of the molecule is C=CCOC1CC(C=C(C)C2OC(=O)C3CCCCN3C(=O)C(=O)C3(O)OC(C(OC)CC(C)CC(C)=CC(CC)C(=O)CC(O)C2C)C(OC)CC3C)CCC1N. The minimum Gasteiger partial charge on any atom is -0.456 e. The molecule has 58 heavy (non-hydrogen) atoms. The predicted molar refractivity (Wildman–Crippen MR) is 219 cm³/mol. The highest BCUT2D eigenvalue weighted by atomic mass is 16.7. The van der Waals surface area contributed by atoms with Crippen LogP contribution >= 0.6 is 0 Å². The maximum Gasteiger partial charge on any atom is 0.329 e. The number of cyclic esters (lactones) is 1. The third-order valence-corrected chi connectivity index (χ3v) is 13.1. The number of carbonyl (C=O) groups excluding carboxylic acids is 4. The quantitative estimate of drug-likeness (QED) is 0.170. The smallest absolute Gasteiger partial charge is 0.329 e. The third kappa shape index (κ3) is 11.5. The lowest BCUT2D eigenvalue weighted by Gasteiger charge is -2.47. The highest BCUT2D eigenvalue weighted by Crippen LogP contribution is 2.39. The third-order valence-electron chi connectivity index (χ3n) is 13.1. The Bertz CT molecular complexity index is 1500. The van der Waals surface area contributed by atoms with Crippen molar-refractivity contribution in [3.05, 3.63) is 36.0 Å². The Morgan fingerprint density at radius 2 is 1.71 bits per heavy atom. The number of rotatable bonds is 8. The molecule has 4 aliphatic rings. The van der Waals surface area contributed by atoms with Gasteiger partial charge in [0.05, 0.1) is 31.0 Å². The summed E-state index contributed by atoms with van der Waals surface area (Å²) in [5.41, 5.74) is 8.09. The number of allylic oxidation sites excluding steroid dienone is 3. The van der Waals surface area contributed by atoms with Gasteiger partial charge < -0.3 is 44.5 Å². The number of ketones is 2. The second-order valence-electron chi connectivity index (χ2n) is 17.6. The Balaban J connectivity index is 1.76. The monoisotopic (exact) mass is 817 g/mol. The van der Waals surface area contributed by atoms with Gasteiger partial charge in [-0.2, -0.15) is 0 Å². The first kappa shape index (κ1) is 47.9. The molecule has 3 aliphatic heterocycles. The van der Waals surface area contributed by atoms with Crippen LogP contribution in [0.3, 0.4) is 0 Å². The molecule has 3 fully saturated rings. The first-order chi connectivity index (χ1) is 27.5. The number of nitrogens with zero attached hydrogens (tertiary/aromatic N) is 1. The van der Waals surface area contributed by atoms with Crippen LogP contribution < -0.4 is 5.73 Å². The molecule has 1 aliphatic carbocycles. The van der Waals surface area contributed by atoms with E-state index in [1.807, 2.05) is 32.9 Å². The lowest BCUT2D eigenvalue weighted by Crippen LogP contribution is -2.64. The topological polar surface area (TPSA) is 184 Å². The number of piperidine rings is 1. The number of carbonyl (C=O) groups is 4. The van der Waals surface area contributed by atoms with E-state index in [9.17, 15) is 29.4 Å². The van der Waals surface area contributed by atoms with Crippen LogP contribution in [0.15, 0.2) is 36.0 Å². The zero-order valence-electron chi connectivity index (χ0n) is 36.2. The molecule has 13 nitrogen and oxygen atoms in total. The molecular formula is C45H72N2O11. The van der Waals surface area contributed by atoms with Crippen LogP contribution in [0.2, 0.25) is 0 Å². The minimum absolute atomic E-state index is 0.0379. The zero-order chi connectivity index (χ0) is 42.9. The second-order valence-corrected chi connectivity index (χ2v) is 17.6. The number of methoxy groups -OCH3 is 2. The average molecular weight is 817 g/mol. The fraction of sp³-hybridized carbons (Fsp3) is 0.778. The normalized spacial score (nSPS) is 39.6. The molecule has 2 saturated heterocycles. The molecule has 0 spiro atoms. The molecule has 0 aromatic rings. The molecule has 0 radical (unpaired) electrons. The molecule has 4 N–H and O–H groups in total. The molecule has 1 amide bonds. The summed E-state index contributed by atoms with van der Waals surface area (Å²) < 4.78 is 30.3. The van der Waals surface area contributed by atoms with Gasteiger partial charge in [0.1, 0.15) is 24.0 Å². The standard InChI is InChI=1S/C45H72N2O11/c1-10-18-56-37-24-31(15-16-33(37)46)22-28(5)40-30(7)35(48)25-36(49)32(11-2)20-26(3)19-27(4)21-38(54-8)41-39(55-9)23-29(6)45(53,58-41)42(50)43(51)47-17-13-12-14-34(47)44(52)57-40/h10,20,22,27,29-35,37-41,48,53H,1,11-19,21,23-25,46H2,2-9H3. The Morgan fingerprint density at radius 3 is 2.36 bits per heavy atom. The van der Waals surface area contributed by atoms with E-state index < -0.39 is 77.8 Å². The molecule has 13 heteroatoms. The van der Waals surface area contributed by atoms with Gasteiger partial charge in [0.25, 0.3) is 11.7 Å². The van der Waals surface area contributed by atoms with Gasteiger partial charge in [-0.05, 0) is 95.5 Å². The van der Waals surface area contributed by atoms with Crippen LogP contribution in [0.1, 0.15) is 112 Å². The molecule has 14 atom stereocenters. The molecule has 1 saturated carbocycles. The van der Waals surface area contributed by atoms with Gasteiger partial charge in [0.15, 0.2) is 0 Å². The number of ether oxygens (including phenoxy) is 5. The number of nitrogens with two attached hydrogens (primary N) is 1. The largest absolute Gasteiger partial charge is 0.456 e. The summed E-state index contributed by atoms with van der Waals surface area (Å²) in [6, 6.07) is -1.25. The summed E-state index contributed by atoms with van der Waals surface area (Å²) in [6.45, 7) is 15.5. The fourth-order valence-corrected chi connectivity index (χ4v) is 9.56. The zero-order valence-corrected chi connectivity index (χ0v) is 36.2. The molecule has 328 valence electrons. The van der Waals surface area contributed by atoms with E-state index in [1.54, 1.807) is 19.9 Å². The summed E-state index contributed by atoms with van der Waals surface area (Å²) in [5.74, 6) is -7.39. The van der Waals surface area contributed by atoms with Crippen LogP contribution in [0, 0.1) is 29.6 Å². The number of esters is 1. The van der Waals surface area contributed by atoms with Crippen LogP contribution in [0.4, 0.5) is 0 Å². The van der Waals surface area contributed by atoms with E-state index in [-0.39, 0.29) is 55.6 Å². The van der Waals surface area contributed by atoms with Gasteiger partial charge in [-0.25, -0.2) is 4.79 Å². The van der Waals surface area contributed by atoms with Gasteiger partial charge in [-0.3, -0.25) is 14.4 Å². The van der Waals surface area contributed by atoms with E-state index >= 15 is 0 Å². The number of aliphatic hydroxyl groups excluding tert-OH is 1. The first-order valence-corrected chi connectivity index (χ1v) is 21.5. The van der Waals surface area contributed by atoms with Crippen LogP contribution in [0.25, 0.3) is 0 Å². The molecule has 2 bridgehead atoms. The fourth-order valence-electron chi connectivity index (χ4n) is 9.56. The van der Waals surface area contributed by atoms with E-state index in [2.05, 4.69) is 13.5 Å². The van der Waals surface area contributed by atoms with Crippen molar-refractivity contribution in [2.24, 2.45) is 35.3 Å². The maximum absolute atomic E-state index is 14.4. The molecule has 3 heterocycles. The van der Waals surface area contributed by atoms with Gasteiger partial charge >= 0.3 is 5.97 Å². The summed E-state index contributed by atoms with van der Waals surface area (Å²) in [6.07, 6.45) is 6.69. The summed E-state index contributed by atoms with van der Waals surface area (Å²) in [4.78, 5) is 57.9. The maximum atomic E-state index is 14.4. The highest BCUT2D eigenvalue weighted by molar-refractivity contribution is 6.39.